The molecule has 1 aliphatic carbocycles. The summed E-state index contributed by atoms with van der Waals surface area (Å²) in [6, 6.07) is 5.06. The Morgan fingerprint density at radius 3 is 2.87 bits per heavy atom. The molecule has 53 heavy (non-hydrogen) atoms. The molecule has 0 radical (unpaired) electrons. The number of anilines is 1. The molecular weight excluding hydrogens is 702 g/mol. The molecular formula is C39H45ClF2N8O3. The lowest BCUT2D eigenvalue weighted by Gasteiger charge is -2.39. The minimum Gasteiger partial charge on any atom is -0.461 e. The second-order valence-electron chi connectivity index (χ2n) is 15.0. The number of benzene rings is 1. The number of ether oxygens (including phenoxy) is 2. The Hall–Kier alpha value is -3.96. The zero-order valence-electron chi connectivity index (χ0n) is 29.9. The van der Waals surface area contributed by atoms with Crippen LogP contribution in [0.4, 0.5) is 14.6 Å². The van der Waals surface area contributed by atoms with Gasteiger partial charge in [0.1, 0.15) is 35.8 Å². The maximum atomic E-state index is 16.9. The Morgan fingerprint density at radius 1 is 1.13 bits per heavy atom. The molecule has 0 unspecified atom stereocenters. The van der Waals surface area contributed by atoms with Gasteiger partial charge in [0.25, 0.3) is 0 Å². The number of hydrogen-bond acceptors (Lipinski definition) is 9. The third kappa shape index (κ3) is 7.43. The first-order valence-electron chi connectivity index (χ1n) is 18.9. The Balaban J connectivity index is 1.10. The van der Waals surface area contributed by atoms with Crippen LogP contribution in [-0.4, -0.2) is 132 Å². The molecule has 4 aliphatic heterocycles. The van der Waals surface area contributed by atoms with Gasteiger partial charge < -0.3 is 24.1 Å². The average molecular weight is 747 g/mol. The molecule has 8 rings (SSSR count). The molecule has 14 heteroatoms. The summed E-state index contributed by atoms with van der Waals surface area (Å²) in [5.41, 5.74) is 1.32. The highest BCUT2D eigenvalue weighted by Crippen LogP contribution is 2.48. The maximum Gasteiger partial charge on any atom is 0.319 e. The van der Waals surface area contributed by atoms with E-state index >= 15 is 4.39 Å². The summed E-state index contributed by atoms with van der Waals surface area (Å²) in [6.07, 6.45) is 9.25. The van der Waals surface area contributed by atoms with E-state index in [-0.39, 0.29) is 42.2 Å². The normalized spacial score (nSPS) is 25.5. The van der Waals surface area contributed by atoms with Gasteiger partial charge in [-0.1, -0.05) is 29.8 Å². The van der Waals surface area contributed by atoms with Gasteiger partial charge >= 0.3 is 6.01 Å². The summed E-state index contributed by atoms with van der Waals surface area (Å²) >= 11 is 6.64. The molecule has 0 spiro atoms. The van der Waals surface area contributed by atoms with Crippen LogP contribution in [0.1, 0.15) is 50.0 Å². The predicted molar refractivity (Wildman–Crippen MR) is 198 cm³/mol. The minimum absolute atomic E-state index is 0.00248. The molecule has 1 saturated carbocycles. The first-order valence-corrected chi connectivity index (χ1v) is 19.2. The quantitative estimate of drug-likeness (QED) is 0.196. The van der Waals surface area contributed by atoms with Crippen molar-refractivity contribution in [3.8, 4) is 17.3 Å². The van der Waals surface area contributed by atoms with Gasteiger partial charge in [0.05, 0.1) is 17.5 Å². The summed E-state index contributed by atoms with van der Waals surface area (Å²) in [5, 5.41) is 0.994. The average Bonchev–Trinajstić information content (AvgIpc) is 3.90. The van der Waals surface area contributed by atoms with Crippen molar-refractivity contribution in [1.82, 2.24) is 29.7 Å². The number of rotatable bonds is 10. The van der Waals surface area contributed by atoms with Crippen molar-refractivity contribution >= 4 is 34.2 Å². The number of aromatic nitrogens is 3. The van der Waals surface area contributed by atoms with Crippen molar-refractivity contribution in [3.05, 3.63) is 64.4 Å². The lowest BCUT2D eigenvalue weighted by atomic mass is 9.95. The van der Waals surface area contributed by atoms with E-state index in [4.69, 9.17) is 32.6 Å². The van der Waals surface area contributed by atoms with Crippen molar-refractivity contribution in [2.45, 2.75) is 62.2 Å². The van der Waals surface area contributed by atoms with Crippen LogP contribution in [-0.2, 0) is 9.53 Å². The molecule has 280 valence electrons. The molecule has 3 aromatic rings. The van der Waals surface area contributed by atoms with E-state index in [9.17, 15) is 9.18 Å². The smallest absolute Gasteiger partial charge is 0.319 e. The van der Waals surface area contributed by atoms with Crippen LogP contribution in [0.25, 0.3) is 27.0 Å². The molecule has 1 aromatic carbocycles. The van der Waals surface area contributed by atoms with Crippen molar-refractivity contribution in [2.75, 3.05) is 83.6 Å². The number of alkyl halides is 1. The van der Waals surface area contributed by atoms with E-state index in [1.54, 1.807) is 23.2 Å². The van der Waals surface area contributed by atoms with Gasteiger partial charge in [0, 0.05) is 81.7 Å². The minimum atomic E-state index is -0.923. The number of piperazine rings is 1. The molecule has 0 bridgehead atoms. The summed E-state index contributed by atoms with van der Waals surface area (Å²) in [7, 11) is 0. The number of nitrogens with zero attached hydrogens (tertiary/aromatic N) is 8. The van der Waals surface area contributed by atoms with E-state index in [1.165, 1.54) is 0 Å². The van der Waals surface area contributed by atoms with Crippen LogP contribution < -0.4 is 9.64 Å². The van der Waals surface area contributed by atoms with E-state index in [1.807, 2.05) is 23.1 Å². The van der Waals surface area contributed by atoms with Gasteiger partial charge in [-0.25, -0.2) is 15.4 Å². The summed E-state index contributed by atoms with van der Waals surface area (Å²) < 4.78 is 43.3. The topological polar surface area (TPSA) is 91.5 Å². The zero-order chi connectivity index (χ0) is 36.5. The van der Waals surface area contributed by atoms with E-state index in [0.717, 1.165) is 63.9 Å². The lowest BCUT2D eigenvalue weighted by molar-refractivity contribution is -0.128. The Bertz CT molecular complexity index is 1920. The molecule has 5 aliphatic rings. The summed E-state index contributed by atoms with van der Waals surface area (Å²) in [5.74, 6) is -0.0625. The number of carbonyl (C=O) groups excluding carboxylic acids is 1. The third-order valence-corrected chi connectivity index (χ3v) is 11.8. The van der Waals surface area contributed by atoms with Crippen molar-refractivity contribution in [2.24, 2.45) is 0 Å². The number of amides is 1. The fourth-order valence-corrected chi connectivity index (χ4v) is 9.00. The summed E-state index contributed by atoms with van der Waals surface area (Å²) in [6.45, 7) is 14.1. The standard InChI is InChI=1S/C39H45ClF2N8O3/c1-43-21-28-24-48(15-16-50(28)32(51)8-3-12-47-13-5-18-52-19-17-47)37-30-22-44-35(29-6-2-7-31(40)33(29)26-9-10-26)34(42)36(30)45-38(46-37)53-25-39-11-4-14-49(39)23-27(41)20-39/h2-3,6-8,22,26-28H,4-5,9-21,23-25H2/b8-3+/t27-,28+,39+/m1/s1. The van der Waals surface area contributed by atoms with Crippen molar-refractivity contribution in [3.63, 3.8) is 0 Å². The van der Waals surface area contributed by atoms with E-state index in [0.29, 0.717) is 67.5 Å². The van der Waals surface area contributed by atoms with Crippen LogP contribution >= 0.6 is 11.6 Å². The molecule has 4 saturated heterocycles. The SMILES string of the molecule is [C-]#[N+]C[C@H]1CN(c2nc(OC[C@@]34CCCN3C[C@H](F)C4)nc3c(F)c(-c4cccc(Cl)c4C4CC4)ncc23)CCN1C(=O)/C=C/CN1CCCOCC1. The fourth-order valence-electron chi connectivity index (χ4n) is 8.67. The number of pyridine rings is 1. The van der Waals surface area contributed by atoms with Crippen molar-refractivity contribution in [1.29, 1.82) is 0 Å². The van der Waals surface area contributed by atoms with Gasteiger partial charge in [0.15, 0.2) is 5.82 Å². The fraction of sp³-hybridized carbons (Fsp3) is 0.564. The van der Waals surface area contributed by atoms with Crippen LogP contribution in [0.5, 0.6) is 6.01 Å². The van der Waals surface area contributed by atoms with Crippen LogP contribution in [0, 0.1) is 12.4 Å². The largest absolute Gasteiger partial charge is 0.461 e. The first-order chi connectivity index (χ1) is 25.8. The van der Waals surface area contributed by atoms with Crippen LogP contribution in [0.3, 0.4) is 0 Å². The molecule has 2 aromatic heterocycles. The second kappa shape index (κ2) is 15.4. The Labute approximate surface area is 313 Å². The molecule has 6 heterocycles. The summed E-state index contributed by atoms with van der Waals surface area (Å²) in [4.78, 5) is 39.4. The molecule has 3 atom stereocenters. The third-order valence-electron chi connectivity index (χ3n) is 11.5. The molecule has 0 N–H and O–H groups in total. The second-order valence-corrected chi connectivity index (χ2v) is 15.4. The Morgan fingerprint density at radius 2 is 2.02 bits per heavy atom. The van der Waals surface area contributed by atoms with Crippen molar-refractivity contribution < 1.29 is 23.0 Å². The maximum absolute atomic E-state index is 16.9. The van der Waals surface area contributed by atoms with Gasteiger partial charge in [-0.15, -0.1) is 0 Å². The lowest BCUT2D eigenvalue weighted by Crippen LogP contribution is -2.56. The van der Waals surface area contributed by atoms with Gasteiger partial charge in [-0.2, -0.15) is 9.97 Å². The predicted octanol–water partition coefficient (Wildman–Crippen LogP) is 5.53. The monoisotopic (exact) mass is 746 g/mol. The van der Waals surface area contributed by atoms with E-state index in [2.05, 4.69) is 24.6 Å². The van der Waals surface area contributed by atoms with Gasteiger partial charge in [0.2, 0.25) is 12.5 Å². The molecule has 11 nitrogen and oxygen atoms in total. The molecule has 1 amide bonds. The van der Waals surface area contributed by atoms with Gasteiger partial charge in [-0.05, 0) is 56.2 Å². The van der Waals surface area contributed by atoms with E-state index < -0.39 is 23.6 Å². The Kier molecular flexibility index (Phi) is 10.5. The first kappa shape index (κ1) is 36.0. The number of fused-ring (bicyclic) bond motifs is 2. The van der Waals surface area contributed by atoms with Crippen LogP contribution in [0.15, 0.2) is 36.5 Å². The number of hydrogen-bond donors (Lipinski definition) is 0. The number of carbonyl (C=O) groups is 1. The highest BCUT2D eigenvalue weighted by molar-refractivity contribution is 6.32. The molecule has 5 fully saturated rings. The zero-order valence-corrected chi connectivity index (χ0v) is 30.6. The highest BCUT2D eigenvalue weighted by atomic mass is 35.5. The van der Waals surface area contributed by atoms with Crippen LogP contribution in [0.2, 0.25) is 5.02 Å². The number of halogens is 3. The van der Waals surface area contributed by atoms with Gasteiger partial charge in [-0.3, -0.25) is 19.6 Å². The highest BCUT2D eigenvalue weighted by Gasteiger charge is 2.49.